The molecular weight excluding hydrogens is 280 g/mol. The lowest BCUT2D eigenvalue weighted by Gasteiger charge is -2.15. The van der Waals surface area contributed by atoms with Crippen molar-refractivity contribution in [2.75, 3.05) is 25.5 Å². The quantitative estimate of drug-likeness (QED) is 0.808. The summed E-state index contributed by atoms with van der Waals surface area (Å²) in [5.74, 6) is -0.996. The van der Waals surface area contributed by atoms with E-state index in [1.54, 1.807) is 11.9 Å². The highest BCUT2D eigenvalue weighted by atomic mass is 35.5. The summed E-state index contributed by atoms with van der Waals surface area (Å²) < 4.78 is 0. The molecule has 0 unspecified atom stereocenters. The minimum absolute atomic E-state index is 0. The van der Waals surface area contributed by atoms with Crippen molar-refractivity contribution in [2.24, 2.45) is 0 Å². The third-order valence-electron chi connectivity index (χ3n) is 2.74. The van der Waals surface area contributed by atoms with Crippen LogP contribution in [0.1, 0.15) is 18.9 Å². The van der Waals surface area contributed by atoms with Gasteiger partial charge in [-0.2, -0.15) is 0 Å². The lowest BCUT2D eigenvalue weighted by Crippen LogP contribution is -2.31. The number of benzene rings is 1. The Bertz CT molecular complexity index is 452. The molecule has 6 heteroatoms. The van der Waals surface area contributed by atoms with Crippen molar-refractivity contribution in [3.05, 3.63) is 29.8 Å². The third-order valence-corrected chi connectivity index (χ3v) is 2.74. The molecule has 0 heterocycles. The maximum absolute atomic E-state index is 11.8. The van der Waals surface area contributed by atoms with Gasteiger partial charge in [-0.25, -0.2) is 0 Å². The third kappa shape index (κ3) is 7.11. The number of hydrogen-bond donors (Lipinski definition) is 2. The number of amides is 1. The molecule has 1 aromatic rings. The van der Waals surface area contributed by atoms with Gasteiger partial charge in [-0.05, 0) is 31.2 Å². The van der Waals surface area contributed by atoms with Crippen molar-refractivity contribution in [1.29, 1.82) is 0 Å². The van der Waals surface area contributed by atoms with E-state index < -0.39 is 5.97 Å². The van der Waals surface area contributed by atoms with Gasteiger partial charge in [-0.1, -0.05) is 19.1 Å². The van der Waals surface area contributed by atoms with Gasteiger partial charge in [0.05, 0.1) is 13.0 Å². The smallest absolute Gasteiger partial charge is 0.304 e. The van der Waals surface area contributed by atoms with Crippen LogP contribution in [0.25, 0.3) is 0 Å². The average molecular weight is 301 g/mol. The van der Waals surface area contributed by atoms with E-state index in [0.717, 1.165) is 17.7 Å². The van der Waals surface area contributed by atoms with Crippen molar-refractivity contribution < 1.29 is 14.7 Å². The number of carbonyl (C=O) groups excluding carboxylic acids is 1. The van der Waals surface area contributed by atoms with E-state index in [-0.39, 0.29) is 31.3 Å². The van der Waals surface area contributed by atoms with E-state index in [2.05, 4.69) is 12.2 Å². The van der Waals surface area contributed by atoms with Crippen LogP contribution in [0.2, 0.25) is 0 Å². The fraction of sp³-hybridized carbons (Fsp3) is 0.429. The molecule has 1 rings (SSSR count). The molecule has 0 aromatic heterocycles. The fourth-order valence-corrected chi connectivity index (χ4v) is 1.68. The Balaban J connectivity index is 0.00000361. The molecule has 0 spiro atoms. The van der Waals surface area contributed by atoms with Gasteiger partial charge in [0.15, 0.2) is 0 Å². The summed E-state index contributed by atoms with van der Waals surface area (Å²) in [5.41, 5.74) is 1.94. The first-order chi connectivity index (χ1) is 9.01. The monoisotopic (exact) mass is 300 g/mol. The molecule has 0 saturated carbocycles. The average Bonchev–Trinajstić information content (AvgIpc) is 2.36. The molecule has 5 nitrogen and oxygen atoms in total. The highest BCUT2D eigenvalue weighted by Gasteiger charge is 2.08. The van der Waals surface area contributed by atoms with Gasteiger partial charge in [0, 0.05) is 12.2 Å². The number of carboxylic acids is 1. The maximum Gasteiger partial charge on any atom is 0.304 e. The van der Waals surface area contributed by atoms with Crippen molar-refractivity contribution in [3.63, 3.8) is 0 Å². The number of aliphatic carboxylic acids is 1. The Hall–Kier alpha value is -1.59. The normalized spacial score (nSPS) is 9.95. The van der Waals surface area contributed by atoms with Crippen LogP contribution in [-0.2, 0) is 16.0 Å². The van der Waals surface area contributed by atoms with Crippen LogP contribution in [-0.4, -0.2) is 42.0 Å². The van der Waals surface area contributed by atoms with Gasteiger partial charge in [0.2, 0.25) is 5.91 Å². The summed E-state index contributed by atoms with van der Waals surface area (Å²) >= 11 is 0. The SMILES string of the molecule is CCc1cccc(NC(=O)CN(C)CCC(=O)O)c1.Cl. The van der Waals surface area contributed by atoms with Crippen LogP contribution in [0.3, 0.4) is 0 Å². The maximum atomic E-state index is 11.8. The van der Waals surface area contributed by atoms with Crippen molar-refractivity contribution >= 4 is 30.0 Å². The zero-order valence-corrected chi connectivity index (χ0v) is 12.6. The van der Waals surface area contributed by atoms with E-state index >= 15 is 0 Å². The lowest BCUT2D eigenvalue weighted by molar-refractivity contribution is -0.137. The number of nitrogens with one attached hydrogen (secondary N) is 1. The van der Waals surface area contributed by atoms with Gasteiger partial charge in [-0.3, -0.25) is 14.5 Å². The predicted octanol–water partition coefficient (Wildman–Crippen LogP) is 2.02. The fourth-order valence-electron chi connectivity index (χ4n) is 1.68. The summed E-state index contributed by atoms with van der Waals surface area (Å²) in [4.78, 5) is 23.9. The summed E-state index contributed by atoms with van der Waals surface area (Å²) in [7, 11) is 1.73. The van der Waals surface area contributed by atoms with Gasteiger partial charge in [0.1, 0.15) is 0 Å². The van der Waals surface area contributed by atoms with Gasteiger partial charge in [-0.15, -0.1) is 12.4 Å². The van der Waals surface area contributed by atoms with Crippen LogP contribution in [0.15, 0.2) is 24.3 Å². The Morgan fingerprint density at radius 1 is 1.35 bits per heavy atom. The van der Waals surface area contributed by atoms with Gasteiger partial charge >= 0.3 is 5.97 Å². The Kier molecular flexibility index (Phi) is 8.59. The number of carbonyl (C=O) groups is 2. The minimum Gasteiger partial charge on any atom is -0.481 e. The number of likely N-dealkylation sites (N-methyl/N-ethyl adjacent to an activating group) is 1. The van der Waals surface area contributed by atoms with Gasteiger partial charge in [0.25, 0.3) is 0 Å². The molecule has 1 aromatic carbocycles. The summed E-state index contributed by atoms with van der Waals surface area (Å²) in [5, 5.41) is 11.4. The van der Waals surface area contributed by atoms with Crippen molar-refractivity contribution in [3.8, 4) is 0 Å². The second kappa shape index (κ2) is 9.34. The van der Waals surface area contributed by atoms with E-state index in [9.17, 15) is 9.59 Å². The largest absolute Gasteiger partial charge is 0.481 e. The molecule has 0 aliphatic heterocycles. The van der Waals surface area contributed by atoms with Crippen LogP contribution in [0.5, 0.6) is 0 Å². The molecule has 2 N–H and O–H groups in total. The molecule has 0 radical (unpaired) electrons. The van der Waals surface area contributed by atoms with E-state index in [0.29, 0.717) is 6.54 Å². The highest BCUT2D eigenvalue weighted by Crippen LogP contribution is 2.10. The topological polar surface area (TPSA) is 69.6 Å². The number of rotatable bonds is 7. The number of aryl methyl sites for hydroxylation is 1. The summed E-state index contributed by atoms with van der Waals surface area (Å²) in [6.45, 7) is 2.60. The van der Waals surface area contributed by atoms with E-state index in [1.165, 1.54) is 0 Å². The first-order valence-electron chi connectivity index (χ1n) is 6.30. The number of hydrogen-bond acceptors (Lipinski definition) is 3. The molecule has 0 fully saturated rings. The zero-order valence-electron chi connectivity index (χ0n) is 11.8. The number of anilines is 1. The molecule has 0 bridgehead atoms. The van der Waals surface area contributed by atoms with Crippen molar-refractivity contribution in [2.45, 2.75) is 19.8 Å². The Morgan fingerprint density at radius 2 is 2.05 bits per heavy atom. The standard InChI is InChI=1S/C14H20N2O3.ClH/c1-3-11-5-4-6-12(9-11)15-13(17)10-16(2)8-7-14(18)19;/h4-6,9H,3,7-8,10H2,1-2H3,(H,15,17)(H,18,19);1H. The van der Waals surface area contributed by atoms with Crippen molar-refractivity contribution in [1.82, 2.24) is 4.90 Å². The molecule has 0 aliphatic rings. The lowest BCUT2D eigenvalue weighted by atomic mass is 10.1. The second-order valence-electron chi connectivity index (χ2n) is 4.48. The highest BCUT2D eigenvalue weighted by molar-refractivity contribution is 5.92. The summed E-state index contributed by atoms with van der Waals surface area (Å²) in [6, 6.07) is 7.70. The summed E-state index contributed by atoms with van der Waals surface area (Å²) in [6.07, 6.45) is 0.956. The molecule has 0 saturated heterocycles. The molecule has 112 valence electrons. The predicted molar refractivity (Wildman–Crippen MR) is 81.4 cm³/mol. The molecule has 0 aliphatic carbocycles. The van der Waals surface area contributed by atoms with E-state index in [1.807, 2.05) is 24.3 Å². The molecule has 20 heavy (non-hydrogen) atoms. The molecule has 0 atom stereocenters. The first kappa shape index (κ1) is 18.4. The first-order valence-corrected chi connectivity index (χ1v) is 6.30. The number of nitrogens with zero attached hydrogens (tertiary/aromatic N) is 1. The molecular formula is C14H21ClN2O3. The molecule has 1 amide bonds. The number of carboxylic acid groups (broad SMARTS) is 1. The van der Waals surface area contributed by atoms with Gasteiger partial charge < -0.3 is 10.4 Å². The number of halogens is 1. The minimum atomic E-state index is -0.858. The van der Waals surface area contributed by atoms with Crippen LogP contribution < -0.4 is 5.32 Å². The Morgan fingerprint density at radius 3 is 2.65 bits per heavy atom. The van der Waals surface area contributed by atoms with Crippen LogP contribution >= 0.6 is 12.4 Å². The zero-order chi connectivity index (χ0) is 14.3. The van der Waals surface area contributed by atoms with Crippen LogP contribution in [0, 0.1) is 0 Å². The second-order valence-corrected chi connectivity index (χ2v) is 4.48. The Labute approximate surface area is 125 Å². The van der Waals surface area contributed by atoms with E-state index in [4.69, 9.17) is 5.11 Å². The van der Waals surface area contributed by atoms with Crippen LogP contribution in [0.4, 0.5) is 5.69 Å².